The molecule has 82 valence electrons. The molecule has 0 atom stereocenters. The van der Waals surface area contributed by atoms with E-state index in [1.54, 1.807) is 13.0 Å². The highest BCUT2D eigenvalue weighted by Crippen LogP contribution is 2.21. The fraction of sp³-hybridized carbons (Fsp3) is 0.154. The molecule has 16 heavy (non-hydrogen) atoms. The zero-order chi connectivity index (χ0) is 11.5. The summed E-state index contributed by atoms with van der Waals surface area (Å²) in [5.41, 5.74) is 0.590. The van der Waals surface area contributed by atoms with E-state index >= 15 is 0 Å². The number of fused-ring (bicyclic) bond motifs is 1. The zero-order valence-corrected chi connectivity index (χ0v) is 10.5. The number of benzene rings is 2. The smallest absolute Gasteiger partial charge is 0.338 e. The van der Waals surface area contributed by atoms with Gasteiger partial charge in [-0.1, -0.05) is 28.1 Å². The Labute approximate surface area is 102 Å². The van der Waals surface area contributed by atoms with Crippen LogP contribution >= 0.6 is 15.9 Å². The van der Waals surface area contributed by atoms with Gasteiger partial charge >= 0.3 is 5.97 Å². The van der Waals surface area contributed by atoms with E-state index in [0.29, 0.717) is 12.2 Å². The first-order valence-electron chi connectivity index (χ1n) is 5.07. The van der Waals surface area contributed by atoms with Gasteiger partial charge in [0.1, 0.15) is 0 Å². The van der Waals surface area contributed by atoms with Crippen LogP contribution in [0.15, 0.2) is 40.9 Å². The maximum atomic E-state index is 11.5. The van der Waals surface area contributed by atoms with Crippen molar-refractivity contribution in [3.63, 3.8) is 0 Å². The second kappa shape index (κ2) is 4.66. The van der Waals surface area contributed by atoms with Gasteiger partial charge in [0.2, 0.25) is 0 Å². The van der Waals surface area contributed by atoms with Crippen LogP contribution in [0.2, 0.25) is 0 Å². The molecule has 2 rings (SSSR count). The van der Waals surface area contributed by atoms with Crippen molar-refractivity contribution in [1.82, 2.24) is 0 Å². The van der Waals surface area contributed by atoms with Crippen molar-refractivity contribution in [1.29, 1.82) is 0 Å². The average Bonchev–Trinajstić information content (AvgIpc) is 2.28. The summed E-state index contributed by atoms with van der Waals surface area (Å²) in [4.78, 5) is 11.5. The van der Waals surface area contributed by atoms with Gasteiger partial charge in [-0.2, -0.15) is 0 Å². The molecule has 0 saturated heterocycles. The summed E-state index contributed by atoms with van der Waals surface area (Å²) in [7, 11) is 0. The summed E-state index contributed by atoms with van der Waals surface area (Å²) in [6.45, 7) is 2.20. The SMILES string of the molecule is CCOC(=O)c1ccc2ccc(Br)cc2c1. The van der Waals surface area contributed by atoms with Crippen molar-refractivity contribution >= 4 is 32.7 Å². The van der Waals surface area contributed by atoms with E-state index in [9.17, 15) is 4.79 Å². The Morgan fingerprint density at radius 2 is 1.94 bits per heavy atom. The van der Waals surface area contributed by atoms with E-state index in [4.69, 9.17) is 4.74 Å². The van der Waals surface area contributed by atoms with Crippen LogP contribution in [0.25, 0.3) is 10.8 Å². The molecule has 0 aliphatic rings. The molecule has 0 aliphatic heterocycles. The third-order valence-corrected chi connectivity index (χ3v) is 2.81. The average molecular weight is 279 g/mol. The Hall–Kier alpha value is -1.35. The normalized spacial score (nSPS) is 10.4. The Morgan fingerprint density at radius 1 is 1.19 bits per heavy atom. The van der Waals surface area contributed by atoms with Crippen LogP contribution in [0.5, 0.6) is 0 Å². The first-order valence-corrected chi connectivity index (χ1v) is 5.86. The lowest BCUT2D eigenvalue weighted by molar-refractivity contribution is 0.0526. The Kier molecular flexibility index (Phi) is 3.25. The third kappa shape index (κ3) is 2.25. The zero-order valence-electron chi connectivity index (χ0n) is 8.87. The van der Waals surface area contributed by atoms with Gasteiger partial charge < -0.3 is 4.74 Å². The molecule has 0 amide bonds. The summed E-state index contributed by atoms with van der Waals surface area (Å²) in [5.74, 6) is -0.274. The van der Waals surface area contributed by atoms with Crippen LogP contribution in [0, 0.1) is 0 Å². The number of esters is 1. The van der Waals surface area contributed by atoms with Gasteiger partial charge in [0.05, 0.1) is 12.2 Å². The summed E-state index contributed by atoms with van der Waals surface area (Å²) < 4.78 is 5.96. The highest BCUT2D eigenvalue weighted by atomic mass is 79.9. The van der Waals surface area contributed by atoms with Gasteiger partial charge in [0.15, 0.2) is 0 Å². The molecule has 0 saturated carbocycles. The first kappa shape index (κ1) is 11.1. The number of hydrogen-bond donors (Lipinski definition) is 0. The standard InChI is InChI=1S/C13H11BrO2/c1-2-16-13(15)10-4-3-9-5-6-12(14)8-11(9)7-10/h3-8H,2H2,1H3. The number of carbonyl (C=O) groups excluding carboxylic acids is 1. The molecule has 0 bridgehead atoms. The lowest BCUT2D eigenvalue weighted by atomic mass is 10.1. The molecule has 0 radical (unpaired) electrons. The highest BCUT2D eigenvalue weighted by Gasteiger charge is 2.06. The quantitative estimate of drug-likeness (QED) is 0.782. The maximum Gasteiger partial charge on any atom is 0.338 e. The second-order valence-electron chi connectivity index (χ2n) is 3.43. The van der Waals surface area contributed by atoms with Crippen LogP contribution in [0.4, 0.5) is 0 Å². The number of ether oxygens (including phenoxy) is 1. The molecule has 2 aromatic carbocycles. The minimum Gasteiger partial charge on any atom is -0.462 e. The number of hydrogen-bond acceptors (Lipinski definition) is 2. The van der Waals surface area contributed by atoms with Crippen molar-refractivity contribution in [3.8, 4) is 0 Å². The molecular formula is C13H11BrO2. The molecule has 0 spiro atoms. The lowest BCUT2D eigenvalue weighted by Crippen LogP contribution is -2.04. The van der Waals surface area contributed by atoms with Crippen molar-refractivity contribution in [2.75, 3.05) is 6.61 Å². The summed E-state index contributed by atoms with van der Waals surface area (Å²) in [6.07, 6.45) is 0. The van der Waals surface area contributed by atoms with E-state index in [-0.39, 0.29) is 5.97 Å². The van der Waals surface area contributed by atoms with E-state index in [1.807, 2.05) is 30.3 Å². The molecule has 2 aromatic rings. The number of halogens is 1. The molecule has 0 aromatic heterocycles. The summed E-state index contributed by atoms with van der Waals surface area (Å²) >= 11 is 3.41. The van der Waals surface area contributed by atoms with Crippen molar-refractivity contribution in [3.05, 3.63) is 46.4 Å². The van der Waals surface area contributed by atoms with Gasteiger partial charge in [0, 0.05) is 4.47 Å². The van der Waals surface area contributed by atoms with Gasteiger partial charge in [-0.3, -0.25) is 0 Å². The molecule has 0 N–H and O–H groups in total. The molecular weight excluding hydrogens is 268 g/mol. The van der Waals surface area contributed by atoms with Crippen molar-refractivity contribution < 1.29 is 9.53 Å². The largest absolute Gasteiger partial charge is 0.462 e. The molecule has 0 unspecified atom stereocenters. The van der Waals surface area contributed by atoms with E-state index in [1.165, 1.54) is 0 Å². The van der Waals surface area contributed by atoms with Crippen molar-refractivity contribution in [2.24, 2.45) is 0 Å². The van der Waals surface area contributed by atoms with Crippen LogP contribution in [-0.2, 0) is 4.74 Å². The lowest BCUT2D eigenvalue weighted by Gasteiger charge is -2.03. The second-order valence-corrected chi connectivity index (χ2v) is 4.34. The van der Waals surface area contributed by atoms with Gasteiger partial charge in [-0.15, -0.1) is 0 Å². The fourth-order valence-corrected chi connectivity index (χ4v) is 1.94. The number of carbonyl (C=O) groups is 1. The third-order valence-electron chi connectivity index (χ3n) is 2.31. The minimum absolute atomic E-state index is 0.274. The summed E-state index contributed by atoms with van der Waals surface area (Å²) in [5, 5.41) is 2.14. The summed E-state index contributed by atoms with van der Waals surface area (Å²) in [6, 6.07) is 11.5. The number of rotatable bonds is 2. The Bertz CT molecular complexity index is 534. The minimum atomic E-state index is -0.274. The highest BCUT2D eigenvalue weighted by molar-refractivity contribution is 9.10. The van der Waals surface area contributed by atoms with E-state index in [2.05, 4.69) is 15.9 Å². The topological polar surface area (TPSA) is 26.3 Å². The van der Waals surface area contributed by atoms with E-state index < -0.39 is 0 Å². The predicted octanol–water partition coefficient (Wildman–Crippen LogP) is 3.78. The monoisotopic (exact) mass is 278 g/mol. The van der Waals surface area contributed by atoms with Crippen LogP contribution in [0.3, 0.4) is 0 Å². The fourth-order valence-electron chi connectivity index (χ4n) is 1.56. The first-order chi connectivity index (χ1) is 7.70. The molecule has 0 heterocycles. The molecule has 3 heteroatoms. The van der Waals surface area contributed by atoms with Gasteiger partial charge in [-0.25, -0.2) is 4.79 Å². The van der Waals surface area contributed by atoms with Crippen LogP contribution in [0.1, 0.15) is 17.3 Å². The Morgan fingerprint density at radius 3 is 2.69 bits per heavy atom. The van der Waals surface area contributed by atoms with Crippen LogP contribution < -0.4 is 0 Å². The molecule has 0 fully saturated rings. The predicted molar refractivity (Wildman–Crippen MR) is 67.6 cm³/mol. The van der Waals surface area contributed by atoms with E-state index in [0.717, 1.165) is 15.2 Å². The van der Waals surface area contributed by atoms with Gasteiger partial charge in [-0.05, 0) is 42.0 Å². The van der Waals surface area contributed by atoms with Crippen LogP contribution in [-0.4, -0.2) is 12.6 Å². The maximum absolute atomic E-state index is 11.5. The van der Waals surface area contributed by atoms with Crippen molar-refractivity contribution in [2.45, 2.75) is 6.92 Å². The van der Waals surface area contributed by atoms with Gasteiger partial charge in [0.25, 0.3) is 0 Å². The Balaban J connectivity index is 2.46. The molecule has 2 nitrogen and oxygen atoms in total. The molecule has 0 aliphatic carbocycles.